The van der Waals surface area contributed by atoms with Crippen LogP contribution in [0.4, 0.5) is 0 Å². The van der Waals surface area contributed by atoms with Crippen molar-refractivity contribution in [2.75, 3.05) is 13.1 Å². The van der Waals surface area contributed by atoms with Gasteiger partial charge in [0.05, 0.1) is 24.3 Å². The molecule has 1 unspecified atom stereocenters. The average Bonchev–Trinajstić information content (AvgIpc) is 3.00. The molecule has 5 heteroatoms. The number of aromatic amines is 1. The SMILES string of the molecule is CC1(C)CC(O)CCN(C(=O)c2ccc(-c3cnc[nH]3)cc2)C1. The van der Waals surface area contributed by atoms with Gasteiger partial charge < -0.3 is 15.0 Å². The molecule has 2 N–H and O–H groups in total. The first kappa shape index (κ1) is 15.7. The van der Waals surface area contributed by atoms with E-state index in [4.69, 9.17) is 0 Å². The third-order valence-corrected chi connectivity index (χ3v) is 4.37. The molecule has 1 aliphatic heterocycles. The molecule has 2 heterocycles. The average molecular weight is 313 g/mol. The summed E-state index contributed by atoms with van der Waals surface area (Å²) in [6.07, 6.45) is 4.44. The van der Waals surface area contributed by atoms with Gasteiger partial charge in [0.1, 0.15) is 0 Å². The second-order valence-electron chi connectivity index (χ2n) is 7.08. The maximum Gasteiger partial charge on any atom is 0.253 e. The minimum absolute atomic E-state index is 0.0309. The number of hydrogen-bond donors (Lipinski definition) is 2. The minimum atomic E-state index is -0.328. The molecule has 1 aromatic heterocycles. The Bertz CT molecular complexity index is 662. The Morgan fingerprint density at radius 1 is 1.35 bits per heavy atom. The van der Waals surface area contributed by atoms with Gasteiger partial charge in [-0.15, -0.1) is 0 Å². The van der Waals surface area contributed by atoms with Crippen LogP contribution in [-0.2, 0) is 0 Å². The lowest BCUT2D eigenvalue weighted by Gasteiger charge is -2.29. The van der Waals surface area contributed by atoms with Crippen LogP contribution in [0.2, 0.25) is 0 Å². The molecule has 0 aliphatic carbocycles. The lowest BCUT2D eigenvalue weighted by molar-refractivity contribution is 0.0705. The first-order chi connectivity index (χ1) is 10.9. The number of likely N-dealkylation sites (tertiary alicyclic amines) is 1. The molecule has 2 aromatic rings. The molecule has 1 aliphatic rings. The molecule has 3 rings (SSSR count). The summed E-state index contributed by atoms with van der Waals surface area (Å²) in [6, 6.07) is 7.57. The van der Waals surface area contributed by atoms with Gasteiger partial charge in [0.2, 0.25) is 0 Å². The fourth-order valence-electron chi connectivity index (χ4n) is 3.27. The van der Waals surface area contributed by atoms with Crippen LogP contribution in [0, 0.1) is 5.41 Å². The van der Waals surface area contributed by atoms with Gasteiger partial charge in [-0.25, -0.2) is 4.98 Å². The number of nitrogens with one attached hydrogen (secondary N) is 1. The molecule has 122 valence electrons. The summed E-state index contributed by atoms with van der Waals surface area (Å²) >= 11 is 0. The molecule has 1 aromatic carbocycles. The van der Waals surface area contributed by atoms with Gasteiger partial charge in [0, 0.05) is 18.7 Å². The van der Waals surface area contributed by atoms with E-state index >= 15 is 0 Å². The van der Waals surface area contributed by atoms with Gasteiger partial charge in [-0.3, -0.25) is 4.79 Å². The molecule has 5 nitrogen and oxygen atoms in total. The van der Waals surface area contributed by atoms with Gasteiger partial charge in [0.15, 0.2) is 0 Å². The highest BCUT2D eigenvalue weighted by atomic mass is 16.3. The van der Waals surface area contributed by atoms with E-state index in [1.807, 2.05) is 29.2 Å². The minimum Gasteiger partial charge on any atom is -0.393 e. The Hall–Kier alpha value is -2.14. The number of nitrogens with zero attached hydrogens (tertiary/aromatic N) is 2. The fourth-order valence-corrected chi connectivity index (χ4v) is 3.27. The predicted octanol–water partition coefficient (Wildman–Crippen LogP) is 2.70. The highest BCUT2D eigenvalue weighted by molar-refractivity contribution is 5.94. The third kappa shape index (κ3) is 3.62. The topological polar surface area (TPSA) is 69.2 Å². The number of carbonyl (C=O) groups excluding carboxylic acids is 1. The number of H-pyrrole nitrogens is 1. The Labute approximate surface area is 136 Å². The first-order valence-corrected chi connectivity index (χ1v) is 8.01. The second-order valence-corrected chi connectivity index (χ2v) is 7.08. The number of aromatic nitrogens is 2. The molecule has 1 amide bonds. The Balaban J connectivity index is 1.77. The Morgan fingerprint density at radius 3 is 2.74 bits per heavy atom. The van der Waals surface area contributed by atoms with Gasteiger partial charge in [-0.2, -0.15) is 0 Å². The van der Waals surface area contributed by atoms with Crippen molar-refractivity contribution in [2.45, 2.75) is 32.8 Å². The monoisotopic (exact) mass is 313 g/mol. The molecular weight excluding hydrogens is 290 g/mol. The highest BCUT2D eigenvalue weighted by Gasteiger charge is 2.31. The second kappa shape index (κ2) is 6.16. The van der Waals surface area contributed by atoms with Gasteiger partial charge in [-0.05, 0) is 36.0 Å². The van der Waals surface area contributed by atoms with Crippen LogP contribution in [0.5, 0.6) is 0 Å². The summed E-state index contributed by atoms with van der Waals surface area (Å²) in [7, 11) is 0. The summed E-state index contributed by atoms with van der Waals surface area (Å²) in [5.41, 5.74) is 2.55. The van der Waals surface area contributed by atoms with Crippen LogP contribution in [0.1, 0.15) is 37.0 Å². The summed E-state index contributed by atoms with van der Waals surface area (Å²) in [6.45, 7) is 5.48. The number of benzene rings is 1. The fraction of sp³-hybridized carbons (Fsp3) is 0.444. The van der Waals surface area contributed by atoms with Crippen LogP contribution in [0.15, 0.2) is 36.8 Å². The number of rotatable bonds is 2. The first-order valence-electron chi connectivity index (χ1n) is 8.01. The van der Waals surface area contributed by atoms with Crippen molar-refractivity contribution in [2.24, 2.45) is 5.41 Å². The van der Waals surface area contributed by atoms with E-state index in [9.17, 15) is 9.90 Å². The number of aliphatic hydroxyl groups excluding tert-OH is 1. The van der Waals surface area contributed by atoms with Crippen molar-refractivity contribution >= 4 is 5.91 Å². The van der Waals surface area contributed by atoms with E-state index < -0.39 is 0 Å². The molecule has 0 radical (unpaired) electrons. The smallest absolute Gasteiger partial charge is 0.253 e. The number of carbonyl (C=O) groups is 1. The van der Waals surface area contributed by atoms with E-state index in [0.29, 0.717) is 25.1 Å². The maximum absolute atomic E-state index is 12.8. The summed E-state index contributed by atoms with van der Waals surface area (Å²) in [5, 5.41) is 9.99. The van der Waals surface area contributed by atoms with Crippen LogP contribution in [0.3, 0.4) is 0 Å². The zero-order valence-electron chi connectivity index (χ0n) is 13.6. The van der Waals surface area contributed by atoms with Crippen molar-refractivity contribution in [3.05, 3.63) is 42.4 Å². The van der Waals surface area contributed by atoms with Crippen LogP contribution < -0.4 is 0 Å². The highest BCUT2D eigenvalue weighted by Crippen LogP contribution is 2.29. The molecule has 0 saturated carbocycles. The number of aliphatic hydroxyl groups is 1. The molecule has 23 heavy (non-hydrogen) atoms. The van der Waals surface area contributed by atoms with Gasteiger partial charge in [0.25, 0.3) is 5.91 Å². The van der Waals surface area contributed by atoms with E-state index in [0.717, 1.165) is 17.7 Å². The van der Waals surface area contributed by atoms with E-state index in [1.54, 1.807) is 12.5 Å². The third-order valence-electron chi connectivity index (χ3n) is 4.37. The van der Waals surface area contributed by atoms with Gasteiger partial charge >= 0.3 is 0 Å². The quantitative estimate of drug-likeness (QED) is 0.895. The van der Waals surface area contributed by atoms with E-state index in [-0.39, 0.29) is 17.4 Å². The van der Waals surface area contributed by atoms with Crippen LogP contribution in [0.25, 0.3) is 11.3 Å². The molecule has 1 atom stereocenters. The van der Waals surface area contributed by atoms with E-state index in [2.05, 4.69) is 23.8 Å². The van der Waals surface area contributed by atoms with Crippen LogP contribution >= 0.6 is 0 Å². The van der Waals surface area contributed by atoms with Crippen molar-refractivity contribution in [1.82, 2.24) is 14.9 Å². The van der Waals surface area contributed by atoms with Crippen molar-refractivity contribution in [3.8, 4) is 11.3 Å². The predicted molar refractivity (Wildman–Crippen MR) is 88.9 cm³/mol. The number of amides is 1. The molecule has 1 saturated heterocycles. The zero-order chi connectivity index (χ0) is 16.4. The lowest BCUT2D eigenvalue weighted by atomic mass is 9.87. The summed E-state index contributed by atoms with van der Waals surface area (Å²) in [4.78, 5) is 21.7. The lowest BCUT2D eigenvalue weighted by Crippen LogP contribution is -2.37. The maximum atomic E-state index is 12.8. The molecule has 0 bridgehead atoms. The van der Waals surface area contributed by atoms with Crippen molar-refractivity contribution in [3.63, 3.8) is 0 Å². The Morgan fingerprint density at radius 2 is 2.09 bits per heavy atom. The van der Waals surface area contributed by atoms with Crippen molar-refractivity contribution < 1.29 is 9.90 Å². The number of imidazole rings is 1. The van der Waals surface area contributed by atoms with E-state index in [1.165, 1.54) is 0 Å². The molecule has 0 spiro atoms. The van der Waals surface area contributed by atoms with Gasteiger partial charge in [-0.1, -0.05) is 26.0 Å². The standard InChI is InChI=1S/C18H23N3O2/c1-18(2)9-15(22)7-8-21(11-18)17(23)14-5-3-13(4-6-14)16-10-19-12-20-16/h3-6,10,12,15,22H,7-9,11H2,1-2H3,(H,19,20). The zero-order valence-corrected chi connectivity index (χ0v) is 13.6. The summed E-state index contributed by atoms with van der Waals surface area (Å²) < 4.78 is 0. The Kier molecular flexibility index (Phi) is 4.22. The summed E-state index contributed by atoms with van der Waals surface area (Å²) in [5.74, 6) is 0.0309. The number of hydrogen-bond acceptors (Lipinski definition) is 3. The largest absolute Gasteiger partial charge is 0.393 e. The van der Waals surface area contributed by atoms with Crippen LogP contribution in [-0.4, -0.2) is 45.1 Å². The molecule has 1 fully saturated rings. The van der Waals surface area contributed by atoms with Crippen molar-refractivity contribution in [1.29, 1.82) is 0 Å². The molecular formula is C18H23N3O2. The normalized spacial score (nSPS) is 21.0.